The monoisotopic (exact) mass is 1010 g/mol. The van der Waals surface area contributed by atoms with Gasteiger partial charge in [-0.2, -0.15) is 0 Å². The highest BCUT2D eigenvalue weighted by Crippen LogP contribution is 2.52. The number of epoxide rings is 7. The van der Waals surface area contributed by atoms with E-state index in [4.69, 9.17) is 99.5 Å². The largest absolute Gasteiger partial charge is 0.394 e. The minimum atomic E-state index is -1.01. The normalized spacial score (nSPS) is 62.7. The van der Waals surface area contributed by atoms with Gasteiger partial charge < -0.3 is 135 Å². The maximum atomic E-state index is 10.5. The fourth-order valence-electron chi connectivity index (χ4n) is 12.1. The molecule has 392 valence electrons. The van der Waals surface area contributed by atoms with Crippen molar-refractivity contribution in [3.05, 3.63) is 0 Å². The average Bonchev–Trinajstić information content (AvgIpc) is 4.15. The Morgan fingerprint density at radius 1 is 0.143 bits per heavy atom. The van der Waals surface area contributed by atoms with Crippen LogP contribution in [-0.4, -0.2) is 297 Å². The maximum absolute atomic E-state index is 10.5. The second-order valence-electron chi connectivity index (χ2n) is 20.2. The van der Waals surface area contributed by atoms with Gasteiger partial charge in [-0.25, -0.2) is 0 Å². The number of fused-ring (bicyclic) bond motifs is 6. The molecule has 0 radical (unpaired) electrons. The first-order valence-corrected chi connectivity index (χ1v) is 24.3. The number of ether oxygens (including phenoxy) is 21. The van der Waals surface area contributed by atoms with Gasteiger partial charge in [0, 0.05) is 0 Å². The van der Waals surface area contributed by atoms with Gasteiger partial charge in [0.05, 0.1) is 46.2 Å². The van der Waals surface area contributed by atoms with Crippen molar-refractivity contribution in [2.45, 2.75) is 215 Å². The Hall–Kier alpha value is -1.12. The summed E-state index contributed by atoms with van der Waals surface area (Å²) in [5, 5.41) is 73.7. The molecule has 22 aliphatic heterocycles. The van der Waals surface area contributed by atoms with E-state index < -0.39 is 261 Å². The zero-order valence-electron chi connectivity index (χ0n) is 36.9. The third-order valence-corrected chi connectivity index (χ3v) is 16.1. The first kappa shape index (κ1) is 46.2. The molecule has 0 amide bonds. The van der Waals surface area contributed by atoms with Crippen LogP contribution >= 0.6 is 0 Å². The molecule has 0 aliphatic carbocycles. The average molecular weight is 1010 g/mol. The summed E-state index contributed by atoms with van der Waals surface area (Å²) in [7, 11) is 0. The van der Waals surface area contributed by atoms with Crippen molar-refractivity contribution in [3.8, 4) is 0 Å². The molecule has 22 rings (SSSR count). The van der Waals surface area contributed by atoms with Gasteiger partial charge in [-0.15, -0.1) is 0 Å². The standard InChI is InChI=1S/C42H56O28/c43-1-8-15-22-29(57-22)36(50-8)65-16-9(2-44)52-38(31-23(16)59-31)67-18-11(4-46)54-40(33-25(18)61-33)69-20-13(6-48)56-42(35-27(20)63-35)70-21-14(7-49)55-41(34-28(21)62-34)68-19-12(5-47)53-39(32-26(19)60-32)66-17-10(3-45)51-37(64-15)30-24(17)58-30/h8-49H,1-7H2/t8-,9-,10-,11-,12-,13-,14-,15-,16-,17-,18-,19-,20-,21-,22+,23+,24+,25+,26+,27+,28+,29+,30+,31+,32+,33+,34+,35+,36-,37-,38-,39-,40-,41-,42-/m1/s1. The van der Waals surface area contributed by atoms with E-state index in [1.54, 1.807) is 0 Å². The molecule has 0 saturated carbocycles. The molecule has 22 heterocycles. The molecule has 14 bridgehead atoms. The lowest BCUT2D eigenvalue weighted by molar-refractivity contribution is -0.316. The molecule has 7 N–H and O–H groups in total. The first-order chi connectivity index (χ1) is 34.3. The SMILES string of the molecule is OC[C@H]1O[C@@H]2O[C@H]3[C@@H]4O[C@@H]4[C@@H](O[C@H]4[C@@H]5O[C@@H]5[C@@H](O[C@H]5[C@@H]6O[C@@H]6[C@@H](O[C@H]6[C@@H]7O[C@@H]7[C@@H](O[C@H]7[C@@H]8O[C@@H]8[C@@H](O[C@H]8[C@@H]9O[C@@H]9[C@@H](O[C@H]1[C@@H]1O[C@H]21)O[C@@H]8CO)O[C@@H]7CO)O[C@@H]6CO)O[C@@H]5CO)O[C@@H]4CO)O[C@@H]3CO. The topological polar surface area (TPSA) is 359 Å². The summed E-state index contributed by atoms with van der Waals surface area (Å²) in [5.41, 5.74) is 0. The molecule has 0 aromatic heterocycles. The number of aliphatic hydroxyl groups is 7. The Bertz CT molecular complexity index is 1570. The third kappa shape index (κ3) is 7.64. The van der Waals surface area contributed by atoms with Crippen molar-refractivity contribution < 1.29 is 135 Å². The van der Waals surface area contributed by atoms with Crippen LogP contribution in [0.25, 0.3) is 0 Å². The summed E-state index contributed by atoms with van der Waals surface area (Å²) in [5.74, 6) is 0. The summed E-state index contributed by atoms with van der Waals surface area (Å²) in [6.07, 6.45) is -28.0. The lowest BCUT2D eigenvalue weighted by atomic mass is 10.0. The fourth-order valence-corrected chi connectivity index (χ4v) is 12.1. The summed E-state index contributed by atoms with van der Waals surface area (Å²) >= 11 is 0. The molecule has 0 aromatic rings. The van der Waals surface area contributed by atoms with E-state index in [0.717, 1.165) is 0 Å². The summed E-state index contributed by atoms with van der Waals surface area (Å²) < 4.78 is 130. The molecule has 35 atom stereocenters. The molecule has 22 aliphatic rings. The Kier molecular flexibility index (Phi) is 11.5. The van der Waals surface area contributed by atoms with Gasteiger partial charge in [0.2, 0.25) is 0 Å². The van der Waals surface area contributed by atoms with Crippen molar-refractivity contribution >= 4 is 0 Å². The predicted octanol–water partition coefficient (Wildman–Crippen LogP) is -7.91. The van der Waals surface area contributed by atoms with Crippen molar-refractivity contribution in [3.63, 3.8) is 0 Å². The van der Waals surface area contributed by atoms with Crippen LogP contribution in [-0.2, 0) is 99.5 Å². The van der Waals surface area contributed by atoms with E-state index in [9.17, 15) is 35.7 Å². The van der Waals surface area contributed by atoms with E-state index in [-0.39, 0.29) is 0 Å². The van der Waals surface area contributed by atoms with E-state index in [1.165, 1.54) is 0 Å². The van der Waals surface area contributed by atoms with Crippen LogP contribution in [0.3, 0.4) is 0 Å². The van der Waals surface area contributed by atoms with Crippen molar-refractivity contribution in [1.29, 1.82) is 0 Å². The number of hydrogen-bond donors (Lipinski definition) is 7. The van der Waals surface area contributed by atoms with Crippen LogP contribution in [0.1, 0.15) is 0 Å². The first-order valence-electron chi connectivity index (χ1n) is 24.3. The van der Waals surface area contributed by atoms with Gasteiger partial charge in [0.1, 0.15) is 171 Å². The second-order valence-corrected chi connectivity index (χ2v) is 20.2. The molecule has 22 fully saturated rings. The lowest BCUT2D eigenvalue weighted by Gasteiger charge is -2.41. The molecule has 28 heteroatoms. The fraction of sp³-hybridized carbons (Fsp3) is 1.00. The van der Waals surface area contributed by atoms with Crippen LogP contribution in [0.2, 0.25) is 0 Å². The zero-order chi connectivity index (χ0) is 47.0. The van der Waals surface area contributed by atoms with E-state index in [1.807, 2.05) is 0 Å². The van der Waals surface area contributed by atoms with Crippen LogP contribution < -0.4 is 0 Å². The lowest BCUT2D eigenvalue weighted by Crippen LogP contribution is -2.58. The van der Waals surface area contributed by atoms with E-state index >= 15 is 0 Å². The molecular formula is C42H56O28. The quantitative estimate of drug-likeness (QED) is 0.116. The van der Waals surface area contributed by atoms with Gasteiger partial charge >= 0.3 is 0 Å². The van der Waals surface area contributed by atoms with Gasteiger partial charge in [-0.3, -0.25) is 0 Å². The van der Waals surface area contributed by atoms with Crippen LogP contribution in [0, 0.1) is 0 Å². The van der Waals surface area contributed by atoms with Crippen molar-refractivity contribution in [1.82, 2.24) is 0 Å². The van der Waals surface area contributed by atoms with E-state index in [0.29, 0.717) is 0 Å². The van der Waals surface area contributed by atoms with Gasteiger partial charge in [-0.1, -0.05) is 0 Å². The maximum Gasteiger partial charge on any atom is 0.187 e. The smallest absolute Gasteiger partial charge is 0.187 e. The highest BCUT2D eigenvalue weighted by molar-refractivity contribution is 5.12. The van der Waals surface area contributed by atoms with Crippen molar-refractivity contribution in [2.75, 3.05) is 46.2 Å². The second kappa shape index (κ2) is 17.5. The van der Waals surface area contributed by atoms with Gasteiger partial charge in [0.25, 0.3) is 0 Å². The Balaban J connectivity index is 0.676. The van der Waals surface area contributed by atoms with Crippen LogP contribution in [0.15, 0.2) is 0 Å². The van der Waals surface area contributed by atoms with Crippen LogP contribution in [0.5, 0.6) is 0 Å². The molecule has 22 saturated heterocycles. The molecular weight excluding hydrogens is 952 g/mol. The van der Waals surface area contributed by atoms with Crippen molar-refractivity contribution in [2.24, 2.45) is 0 Å². The number of rotatable bonds is 7. The van der Waals surface area contributed by atoms with Crippen LogP contribution in [0.4, 0.5) is 0 Å². The summed E-state index contributed by atoms with van der Waals surface area (Å²) in [6.45, 7) is -3.37. The highest BCUT2D eigenvalue weighted by Gasteiger charge is 2.71. The molecule has 0 aromatic carbocycles. The molecule has 0 spiro atoms. The Morgan fingerprint density at radius 3 is 0.386 bits per heavy atom. The van der Waals surface area contributed by atoms with E-state index in [2.05, 4.69) is 0 Å². The number of aliphatic hydroxyl groups excluding tert-OH is 7. The Labute approximate surface area is 396 Å². The van der Waals surface area contributed by atoms with Gasteiger partial charge in [0.15, 0.2) is 44.0 Å². The minimum absolute atomic E-state index is 0.481. The third-order valence-electron chi connectivity index (χ3n) is 16.1. The Morgan fingerprint density at radius 2 is 0.271 bits per heavy atom. The number of hydrogen-bond acceptors (Lipinski definition) is 28. The molecule has 28 nitrogen and oxygen atoms in total. The summed E-state index contributed by atoms with van der Waals surface area (Å²) in [4.78, 5) is 0. The zero-order valence-corrected chi connectivity index (χ0v) is 36.9. The molecule has 0 unspecified atom stereocenters. The predicted molar refractivity (Wildman–Crippen MR) is 205 cm³/mol. The van der Waals surface area contributed by atoms with Gasteiger partial charge in [-0.05, 0) is 0 Å². The minimum Gasteiger partial charge on any atom is -0.394 e. The summed E-state index contributed by atoms with van der Waals surface area (Å²) in [6, 6.07) is 0. The highest BCUT2D eigenvalue weighted by atomic mass is 16.8. The molecule has 70 heavy (non-hydrogen) atoms.